The van der Waals surface area contributed by atoms with Crippen LogP contribution in [-0.4, -0.2) is 12.5 Å². The van der Waals surface area contributed by atoms with Crippen molar-refractivity contribution in [1.29, 1.82) is 5.26 Å². The summed E-state index contributed by atoms with van der Waals surface area (Å²) < 4.78 is 18.7. The number of fused-ring (bicyclic) bond motifs is 1. The predicted molar refractivity (Wildman–Crippen MR) is 59.8 cm³/mol. The van der Waals surface area contributed by atoms with Crippen molar-refractivity contribution in [3.05, 3.63) is 29.1 Å². The van der Waals surface area contributed by atoms with Crippen molar-refractivity contribution in [3.63, 3.8) is 0 Å². The Labute approximate surface area is 97.3 Å². The summed E-state index contributed by atoms with van der Waals surface area (Å²) in [5.41, 5.74) is 1.04. The lowest BCUT2D eigenvalue weighted by Crippen LogP contribution is -2.25. The number of carbonyl (C=O) groups is 1. The van der Waals surface area contributed by atoms with Gasteiger partial charge in [0.15, 0.2) is 6.61 Å². The van der Waals surface area contributed by atoms with Crippen LogP contribution in [0.15, 0.2) is 17.7 Å². The van der Waals surface area contributed by atoms with Gasteiger partial charge in [0.2, 0.25) is 0 Å². The molecule has 1 N–H and O–H groups in total. The third-order valence-electron chi connectivity index (χ3n) is 2.28. The van der Waals surface area contributed by atoms with Gasteiger partial charge in [0.05, 0.1) is 11.8 Å². The summed E-state index contributed by atoms with van der Waals surface area (Å²) in [5.74, 6) is -0.473. The fourth-order valence-corrected chi connectivity index (χ4v) is 1.49. The third-order valence-corrected chi connectivity index (χ3v) is 2.28. The number of nitriles is 1. The van der Waals surface area contributed by atoms with E-state index >= 15 is 0 Å². The molecule has 2 rings (SSSR count). The standard InChI is InChI=1S/C12H9FN2O2/c1-7(5-14)2-8-3-10-11(4-9(8)13)17-6-12(16)15-10/h2-4H,6H2,1H3,(H,15,16)/b7-2-. The molecule has 0 aliphatic carbocycles. The van der Waals surface area contributed by atoms with Gasteiger partial charge in [-0.2, -0.15) is 5.26 Å². The molecule has 17 heavy (non-hydrogen) atoms. The van der Waals surface area contributed by atoms with E-state index < -0.39 is 5.82 Å². The van der Waals surface area contributed by atoms with E-state index in [2.05, 4.69) is 5.32 Å². The van der Waals surface area contributed by atoms with Gasteiger partial charge in [0.1, 0.15) is 11.6 Å². The van der Waals surface area contributed by atoms with Crippen molar-refractivity contribution in [2.24, 2.45) is 0 Å². The molecule has 0 atom stereocenters. The van der Waals surface area contributed by atoms with Gasteiger partial charge < -0.3 is 10.1 Å². The number of hydrogen-bond acceptors (Lipinski definition) is 3. The van der Waals surface area contributed by atoms with E-state index in [4.69, 9.17) is 10.00 Å². The molecule has 5 heteroatoms. The number of ether oxygens (including phenoxy) is 1. The Balaban J connectivity index is 2.47. The van der Waals surface area contributed by atoms with E-state index in [1.54, 1.807) is 6.92 Å². The van der Waals surface area contributed by atoms with Crippen LogP contribution in [0.25, 0.3) is 6.08 Å². The van der Waals surface area contributed by atoms with E-state index in [9.17, 15) is 9.18 Å². The number of allylic oxidation sites excluding steroid dienone is 1. The summed E-state index contributed by atoms with van der Waals surface area (Å²) in [5, 5.41) is 11.2. The minimum absolute atomic E-state index is 0.112. The maximum Gasteiger partial charge on any atom is 0.262 e. The van der Waals surface area contributed by atoms with Gasteiger partial charge in [-0.15, -0.1) is 0 Å². The molecule has 1 aliphatic rings. The van der Waals surface area contributed by atoms with Crippen LogP contribution in [0.3, 0.4) is 0 Å². The first-order valence-corrected chi connectivity index (χ1v) is 4.95. The lowest BCUT2D eigenvalue weighted by molar-refractivity contribution is -0.118. The summed E-state index contributed by atoms with van der Waals surface area (Å²) in [6.45, 7) is 1.47. The second kappa shape index (κ2) is 4.26. The van der Waals surface area contributed by atoms with Crippen LogP contribution in [0.5, 0.6) is 5.75 Å². The molecule has 1 aromatic carbocycles. The lowest BCUT2D eigenvalue weighted by Gasteiger charge is -2.18. The number of nitrogens with zero attached hydrogens (tertiary/aromatic N) is 1. The second-order valence-corrected chi connectivity index (χ2v) is 3.65. The fourth-order valence-electron chi connectivity index (χ4n) is 1.49. The highest BCUT2D eigenvalue weighted by Crippen LogP contribution is 2.31. The Bertz CT molecular complexity index is 558. The summed E-state index contributed by atoms with van der Waals surface area (Å²) in [4.78, 5) is 11.1. The minimum atomic E-state index is -0.491. The minimum Gasteiger partial charge on any atom is -0.481 e. The average Bonchev–Trinajstić information content (AvgIpc) is 2.30. The van der Waals surface area contributed by atoms with Gasteiger partial charge in [-0.1, -0.05) is 0 Å². The van der Waals surface area contributed by atoms with E-state index in [1.807, 2.05) is 6.07 Å². The highest BCUT2D eigenvalue weighted by Gasteiger charge is 2.18. The number of amides is 1. The number of carbonyl (C=O) groups excluding carboxylic acids is 1. The van der Waals surface area contributed by atoms with Crippen LogP contribution >= 0.6 is 0 Å². The number of halogens is 1. The van der Waals surface area contributed by atoms with E-state index in [0.717, 1.165) is 0 Å². The van der Waals surface area contributed by atoms with Crippen LogP contribution in [0.1, 0.15) is 12.5 Å². The quantitative estimate of drug-likeness (QED) is 0.754. The molecule has 0 unspecified atom stereocenters. The van der Waals surface area contributed by atoms with Crippen LogP contribution in [0.4, 0.5) is 10.1 Å². The molecule has 1 heterocycles. The Morgan fingerprint density at radius 2 is 2.41 bits per heavy atom. The van der Waals surface area contributed by atoms with Crippen LogP contribution < -0.4 is 10.1 Å². The Morgan fingerprint density at radius 3 is 3.12 bits per heavy atom. The fraction of sp³-hybridized carbons (Fsp3) is 0.167. The van der Waals surface area contributed by atoms with Crippen molar-refractivity contribution < 1.29 is 13.9 Å². The van der Waals surface area contributed by atoms with Crippen molar-refractivity contribution >= 4 is 17.7 Å². The van der Waals surface area contributed by atoms with Gasteiger partial charge in [-0.05, 0) is 19.1 Å². The first-order chi connectivity index (χ1) is 8.10. The molecule has 0 bridgehead atoms. The first-order valence-electron chi connectivity index (χ1n) is 4.95. The lowest BCUT2D eigenvalue weighted by atomic mass is 10.1. The number of anilines is 1. The average molecular weight is 232 g/mol. The molecule has 86 valence electrons. The number of rotatable bonds is 1. The number of benzene rings is 1. The molecule has 1 aromatic rings. The van der Waals surface area contributed by atoms with Gasteiger partial charge >= 0.3 is 0 Å². The van der Waals surface area contributed by atoms with Gasteiger partial charge in [0, 0.05) is 17.2 Å². The van der Waals surface area contributed by atoms with Crippen molar-refractivity contribution in [3.8, 4) is 11.8 Å². The molecule has 0 aromatic heterocycles. The van der Waals surface area contributed by atoms with Crippen molar-refractivity contribution in [1.82, 2.24) is 0 Å². The molecular formula is C12H9FN2O2. The van der Waals surface area contributed by atoms with E-state index in [-0.39, 0.29) is 18.1 Å². The molecule has 4 nitrogen and oxygen atoms in total. The summed E-state index contributed by atoms with van der Waals surface area (Å²) in [6, 6.07) is 4.55. The molecule has 0 fully saturated rings. The van der Waals surface area contributed by atoms with Crippen molar-refractivity contribution in [2.45, 2.75) is 6.92 Å². The van der Waals surface area contributed by atoms with Crippen molar-refractivity contribution in [2.75, 3.05) is 11.9 Å². The zero-order chi connectivity index (χ0) is 12.4. The Morgan fingerprint density at radius 1 is 1.65 bits per heavy atom. The molecule has 0 saturated heterocycles. The smallest absolute Gasteiger partial charge is 0.262 e. The van der Waals surface area contributed by atoms with Gasteiger partial charge in [-0.3, -0.25) is 4.79 Å². The molecule has 1 aliphatic heterocycles. The maximum absolute atomic E-state index is 13.6. The third kappa shape index (κ3) is 2.26. The zero-order valence-electron chi connectivity index (χ0n) is 9.08. The monoisotopic (exact) mass is 232 g/mol. The molecular weight excluding hydrogens is 223 g/mol. The highest BCUT2D eigenvalue weighted by atomic mass is 19.1. The first kappa shape index (κ1) is 11.1. The van der Waals surface area contributed by atoms with Crippen LogP contribution in [0, 0.1) is 17.1 Å². The summed E-state index contributed by atoms with van der Waals surface area (Å²) in [7, 11) is 0. The number of nitrogens with one attached hydrogen (secondary N) is 1. The molecule has 0 radical (unpaired) electrons. The summed E-state index contributed by atoms with van der Waals surface area (Å²) in [6.07, 6.45) is 1.41. The van der Waals surface area contributed by atoms with E-state index in [0.29, 0.717) is 17.0 Å². The molecule has 1 amide bonds. The SMILES string of the molecule is C/C(C#N)=C/c1cc2c(cc1F)OCC(=O)N2. The van der Waals surface area contributed by atoms with Crippen LogP contribution in [0.2, 0.25) is 0 Å². The largest absolute Gasteiger partial charge is 0.481 e. The van der Waals surface area contributed by atoms with Gasteiger partial charge in [0.25, 0.3) is 5.91 Å². The number of hydrogen-bond donors (Lipinski definition) is 1. The second-order valence-electron chi connectivity index (χ2n) is 3.65. The Hall–Kier alpha value is -2.35. The topological polar surface area (TPSA) is 62.1 Å². The van der Waals surface area contributed by atoms with Crippen LogP contribution in [-0.2, 0) is 4.79 Å². The normalized spacial score (nSPS) is 14.4. The zero-order valence-corrected chi connectivity index (χ0v) is 9.08. The molecule has 0 saturated carbocycles. The highest BCUT2D eigenvalue weighted by molar-refractivity contribution is 5.95. The van der Waals surface area contributed by atoms with E-state index in [1.165, 1.54) is 18.2 Å². The predicted octanol–water partition coefficient (Wildman–Crippen LogP) is 2.08. The maximum atomic E-state index is 13.6. The Kier molecular flexibility index (Phi) is 2.79. The van der Waals surface area contributed by atoms with Gasteiger partial charge in [-0.25, -0.2) is 4.39 Å². The molecule has 0 spiro atoms. The summed E-state index contributed by atoms with van der Waals surface area (Å²) >= 11 is 0.